The van der Waals surface area contributed by atoms with Gasteiger partial charge < -0.3 is 15.0 Å². The van der Waals surface area contributed by atoms with Crippen molar-refractivity contribution in [3.05, 3.63) is 35.4 Å². The lowest BCUT2D eigenvalue weighted by Gasteiger charge is -2.20. The van der Waals surface area contributed by atoms with Gasteiger partial charge in [-0.15, -0.1) is 0 Å². The number of nitrogens with one attached hydrogen (secondary N) is 1. The van der Waals surface area contributed by atoms with Crippen LogP contribution in [0.5, 0.6) is 0 Å². The van der Waals surface area contributed by atoms with Crippen LogP contribution >= 0.6 is 0 Å². The van der Waals surface area contributed by atoms with Gasteiger partial charge in [0.1, 0.15) is 5.60 Å². The van der Waals surface area contributed by atoms with Gasteiger partial charge in [0, 0.05) is 32.2 Å². The topological polar surface area (TPSA) is 44.8 Å². The van der Waals surface area contributed by atoms with Crippen molar-refractivity contribution in [3.63, 3.8) is 0 Å². The molecule has 1 fully saturated rings. The van der Waals surface area contributed by atoms with E-state index in [0.717, 1.165) is 19.5 Å². The molecular weight excluding hydrogens is 314 g/mol. The van der Waals surface area contributed by atoms with Gasteiger partial charge in [-0.05, 0) is 58.8 Å². The smallest absolute Gasteiger partial charge is 0.407 e. The monoisotopic (exact) mass is 347 g/mol. The summed E-state index contributed by atoms with van der Waals surface area (Å²) in [4.78, 5) is 16.5. The number of amides is 1. The predicted octanol–water partition coefficient (Wildman–Crippen LogP) is 2.89. The Balaban J connectivity index is 1.72. The number of hydrogen-bond donors (Lipinski definition) is 1. The largest absolute Gasteiger partial charge is 0.444 e. The fourth-order valence-corrected chi connectivity index (χ4v) is 3.07. The number of ether oxygens (including phenoxy) is 1. The zero-order valence-corrected chi connectivity index (χ0v) is 16.3. The predicted molar refractivity (Wildman–Crippen MR) is 102 cm³/mol. The third-order valence-corrected chi connectivity index (χ3v) is 4.49. The molecule has 1 aromatic carbocycles. The zero-order valence-electron chi connectivity index (χ0n) is 16.3. The molecule has 2 rings (SSSR count). The van der Waals surface area contributed by atoms with Crippen LogP contribution in [0.15, 0.2) is 24.3 Å². The highest BCUT2D eigenvalue weighted by Gasteiger charge is 2.23. The number of hydrogen-bond acceptors (Lipinski definition) is 4. The SMILES string of the molecule is CN(C)C1CCN(Cc2ccc(CCNC(=O)OC(C)(C)C)cc2)C1. The average Bonchev–Trinajstić information content (AvgIpc) is 2.96. The second-order valence-electron chi connectivity index (χ2n) is 8.14. The quantitative estimate of drug-likeness (QED) is 0.859. The minimum atomic E-state index is -0.451. The molecule has 1 aliphatic rings. The standard InChI is InChI=1S/C20H33N3O2/c1-20(2,3)25-19(24)21-12-10-16-6-8-17(9-7-16)14-23-13-11-18(15-23)22(4)5/h6-9,18H,10-15H2,1-5H3,(H,21,24). The fraction of sp³-hybridized carbons (Fsp3) is 0.650. The van der Waals surface area contributed by atoms with Crippen molar-refractivity contribution >= 4 is 6.09 Å². The molecule has 0 aliphatic carbocycles. The highest BCUT2D eigenvalue weighted by Crippen LogP contribution is 2.16. The number of alkyl carbamates (subject to hydrolysis) is 1. The molecule has 0 radical (unpaired) electrons. The molecule has 1 amide bonds. The fourth-order valence-electron chi connectivity index (χ4n) is 3.07. The molecular formula is C20H33N3O2. The van der Waals surface area contributed by atoms with E-state index in [0.29, 0.717) is 12.6 Å². The number of rotatable bonds is 6. The Bertz CT molecular complexity index is 549. The lowest BCUT2D eigenvalue weighted by atomic mass is 10.1. The molecule has 1 unspecified atom stereocenters. The van der Waals surface area contributed by atoms with Crippen LogP contribution in [0, 0.1) is 0 Å². The number of carbonyl (C=O) groups is 1. The van der Waals surface area contributed by atoms with E-state index in [1.807, 2.05) is 20.8 Å². The van der Waals surface area contributed by atoms with Gasteiger partial charge in [0.2, 0.25) is 0 Å². The van der Waals surface area contributed by atoms with E-state index in [9.17, 15) is 4.79 Å². The van der Waals surface area contributed by atoms with E-state index in [1.165, 1.54) is 24.1 Å². The summed E-state index contributed by atoms with van der Waals surface area (Å²) in [5.74, 6) is 0. The summed E-state index contributed by atoms with van der Waals surface area (Å²) in [6.07, 6.45) is 1.71. The van der Waals surface area contributed by atoms with Crippen molar-refractivity contribution in [2.45, 2.75) is 51.8 Å². The molecule has 0 spiro atoms. The molecule has 5 heteroatoms. The summed E-state index contributed by atoms with van der Waals surface area (Å²) >= 11 is 0. The first kappa shape index (κ1) is 19.7. The van der Waals surface area contributed by atoms with Crippen LogP contribution in [-0.4, -0.2) is 61.3 Å². The maximum Gasteiger partial charge on any atom is 0.407 e. The number of carbonyl (C=O) groups excluding carboxylic acids is 1. The Labute approximate surface area is 152 Å². The van der Waals surface area contributed by atoms with Gasteiger partial charge in [0.15, 0.2) is 0 Å². The van der Waals surface area contributed by atoms with Gasteiger partial charge in [0.05, 0.1) is 0 Å². The van der Waals surface area contributed by atoms with Crippen LogP contribution < -0.4 is 5.32 Å². The normalized spacial score (nSPS) is 18.6. The molecule has 1 saturated heterocycles. The van der Waals surface area contributed by atoms with Gasteiger partial charge in [-0.2, -0.15) is 0 Å². The van der Waals surface area contributed by atoms with Crippen molar-refractivity contribution in [1.29, 1.82) is 0 Å². The summed E-state index contributed by atoms with van der Waals surface area (Å²) < 4.78 is 5.24. The summed E-state index contributed by atoms with van der Waals surface area (Å²) in [7, 11) is 4.32. The van der Waals surface area contributed by atoms with Crippen molar-refractivity contribution in [1.82, 2.24) is 15.1 Å². The molecule has 0 saturated carbocycles. The zero-order chi connectivity index (χ0) is 18.4. The molecule has 5 nitrogen and oxygen atoms in total. The van der Waals surface area contributed by atoms with E-state index >= 15 is 0 Å². The van der Waals surface area contributed by atoms with Crippen LogP contribution in [0.1, 0.15) is 38.3 Å². The van der Waals surface area contributed by atoms with E-state index in [2.05, 4.69) is 53.5 Å². The first-order chi connectivity index (χ1) is 11.7. The summed E-state index contributed by atoms with van der Waals surface area (Å²) in [6, 6.07) is 9.40. The van der Waals surface area contributed by atoms with Gasteiger partial charge in [-0.1, -0.05) is 24.3 Å². The van der Waals surface area contributed by atoms with Crippen molar-refractivity contribution in [2.24, 2.45) is 0 Å². The van der Waals surface area contributed by atoms with E-state index in [1.54, 1.807) is 0 Å². The van der Waals surface area contributed by atoms with Crippen LogP contribution in [0.2, 0.25) is 0 Å². The second-order valence-corrected chi connectivity index (χ2v) is 8.14. The Morgan fingerprint density at radius 2 is 1.88 bits per heavy atom. The minimum Gasteiger partial charge on any atom is -0.444 e. The first-order valence-electron chi connectivity index (χ1n) is 9.16. The summed E-state index contributed by atoms with van der Waals surface area (Å²) in [6.45, 7) is 9.52. The Morgan fingerprint density at radius 1 is 1.24 bits per heavy atom. The number of likely N-dealkylation sites (tertiary alicyclic amines) is 1. The molecule has 0 aromatic heterocycles. The molecule has 0 bridgehead atoms. The van der Waals surface area contributed by atoms with Gasteiger partial charge >= 0.3 is 6.09 Å². The molecule has 25 heavy (non-hydrogen) atoms. The Kier molecular flexibility index (Phi) is 6.85. The average molecular weight is 348 g/mol. The van der Waals surface area contributed by atoms with Crippen molar-refractivity contribution < 1.29 is 9.53 Å². The number of likely N-dealkylation sites (N-methyl/N-ethyl adjacent to an activating group) is 1. The molecule has 1 atom stereocenters. The Morgan fingerprint density at radius 3 is 2.44 bits per heavy atom. The van der Waals surface area contributed by atoms with Crippen LogP contribution in [0.4, 0.5) is 4.79 Å². The van der Waals surface area contributed by atoms with E-state index < -0.39 is 5.60 Å². The van der Waals surface area contributed by atoms with E-state index in [-0.39, 0.29) is 6.09 Å². The molecule has 1 aromatic rings. The highest BCUT2D eigenvalue weighted by atomic mass is 16.6. The van der Waals surface area contributed by atoms with Crippen molar-refractivity contribution in [2.75, 3.05) is 33.7 Å². The van der Waals surface area contributed by atoms with Gasteiger partial charge in [0.25, 0.3) is 0 Å². The van der Waals surface area contributed by atoms with Gasteiger partial charge in [-0.3, -0.25) is 4.90 Å². The second kappa shape index (κ2) is 8.68. The first-order valence-corrected chi connectivity index (χ1v) is 9.16. The van der Waals surface area contributed by atoms with E-state index in [4.69, 9.17) is 4.74 Å². The number of nitrogens with zero attached hydrogens (tertiary/aromatic N) is 2. The molecule has 1 N–H and O–H groups in total. The summed E-state index contributed by atoms with van der Waals surface area (Å²) in [5.41, 5.74) is 2.13. The van der Waals surface area contributed by atoms with Crippen LogP contribution in [-0.2, 0) is 17.7 Å². The van der Waals surface area contributed by atoms with Gasteiger partial charge in [-0.25, -0.2) is 4.79 Å². The third kappa shape index (κ3) is 7.04. The molecule has 140 valence electrons. The maximum atomic E-state index is 11.6. The molecule has 1 heterocycles. The number of benzene rings is 1. The van der Waals surface area contributed by atoms with Crippen molar-refractivity contribution in [3.8, 4) is 0 Å². The van der Waals surface area contributed by atoms with Crippen LogP contribution in [0.25, 0.3) is 0 Å². The third-order valence-electron chi connectivity index (χ3n) is 4.49. The summed E-state index contributed by atoms with van der Waals surface area (Å²) in [5, 5.41) is 2.80. The molecule has 1 aliphatic heterocycles. The Hall–Kier alpha value is -1.59. The lowest BCUT2D eigenvalue weighted by molar-refractivity contribution is 0.0528. The minimum absolute atomic E-state index is 0.353. The maximum absolute atomic E-state index is 11.6. The lowest BCUT2D eigenvalue weighted by Crippen LogP contribution is -2.33. The highest BCUT2D eigenvalue weighted by molar-refractivity contribution is 5.67. The van der Waals surface area contributed by atoms with Crippen LogP contribution in [0.3, 0.4) is 0 Å².